The summed E-state index contributed by atoms with van der Waals surface area (Å²) in [7, 11) is 0. The van der Waals surface area contributed by atoms with Crippen molar-refractivity contribution in [1.29, 1.82) is 0 Å². The van der Waals surface area contributed by atoms with Gasteiger partial charge in [-0.3, -0.25) is 4.79 Å². The van der Waals surface area contributed by atoms with Crippen molar-refractivity contribution in [2.75, 3.05) is 6.61 Å². The van der Waals surface area contributed by atoms with E-state index in [0.29, 0.717) is 5.56 Å². The second kappa shape index (κ2) is 7.33. The average molecular weight is 285 g/mol. The van der Waals surface area contributed by atoms with Crippen LogP contribution in [0.25, 0.3) is 0 Å². The van der Waals surface area contributed by atoms with Gasteiger partial charge in [-0.25, -0.2) is 8.78 Å². The van der Waals surface area contributed by atoms with E-state index in [1.807, 2.05) is 13.8 Å². The molecule has 0 fully saturated rings. The van der Waals surface area contributed by atoms with Crippen LogP contribution in [0.15, 0.2) is 18.2 Å². The maximum absolute atomic E-state index is 13.6. The number of benzene rings is 1. The molecule has 0 bridgehead atoms. The lowest BCUT2D eigenvalue weighted by Gasteiger charge is -2.21. The van der Waals surface area contributed by atoms with E-state index in [9.17, 15) is 13.6 Å². The minimum atomic E-state index is -0.645. The number of carbonyl (C=O) groups is 1. The van der Waals surface area contributed by atoms with Crippen LogP contribution in [0.2, 0.25) is 0 Å². The van der Waals surface area contributed by atoms with E-state index in [4.69, 9.17) is 5.11 Å². The lowest BCUT2D eigenvalue weighted by atomic mass is 9.96. The number of hydrogen-bond donors (Lipinski definition) is 2. The third-order valence-electron chi connectivity index (χ3n) is 3.33. The Labute approximate surface area is 118 Å². The van der Waals surface area contributed by atoms with Gasteiger partial charge in [-0.2, -0.15) is 0 Å². The predicted octanol–water partition coefficient (Wildman–Crippen LogP) is 2.59. The smallest absolute Gasteiger partial charge is 0.220 e. The fourth-order valence-corrected chi connectivity index (χ4v) is 1.98. The minimum absolute atomic E-state index is 0.0891. The Balaban J connectivity index is 2.65. The number of halogens is 2. The van der Waals surface area contributed by atoms with Crippen LogP contribution in [0.5, 0.6) is 0 Å². The van der Waals surface area contributed by atoms with Crippen LogP contribution >= 0.6 is 0 Å². The molecular weight excluding hydrogens is 264 g/mol. The Hall–Kier alpha value is -1.49. The molecule has 112 valence electrons. The molecule has 2 N–H and O–H groups in total. The van der Waals surface area contributed by atoms with E-state index < -0.39 is 11.6 Å². The van der Waals surface area contributed by atoms with Gasteiger partial charge in [0, 0.05) is 12.5 Å². The van der Waals surface area contributed by atoms with Crippen LogP contribution < -0.4 is 5.32 Å². The predicted molar refractivity (Wildman–Crippen MR) is 73.2 cm³/mol. The molecule has 0 saturated carbocycles. The molecule has 0 saturated heterocycles. The monoisotopic (exact) mass is 285 g/mol. The largest absolute Gasteiger partial charge is 0.394 e. The molecule has 2 atom stereocenters. The number of carbonyl (C=O) groups excluding carboxylic acids is 1. The van der Waals surface area contributed by atoms with Crippen LogP contribution in [-0.2, 0) is 4.79 Å². The molecule has 1 aromatic rings. The zero-order valence-corrected chi connectivity index (χ0v) is 12.0. The van der Waals surface area contributed by atoms with Crippen molar-refractivity contribution in [3.8, 4) is 0 Å². The number of amides is 1. The maximum atomic E-state index is 13.6. The van der Waals surface area contributed by atoms with Crippen LogP contribution in [0, 0.1) is 17.6 Å². The van der Waals surface area contributed by atoms with E-state index in [1.54, 1.807) is 6.92 Å². The number of hydrogen-bond acceptors (Lipinski definition) is 2. The van der Waals surface area contributed by atoms with E-state index in [-0.39, 0.29) is 36.8 Å². The van der Waals surface area contributed by atoms with Gasteiger partial charge < -0.3 is 10.4 Å². The van der Waals surface area contributed by atoms with Gasteiger partial charge in [0.25, 0.3) is 0 Å². The highest BCUT2D eigenvalue weighted by molar-refractivity contribution is 5.77. The fourth-order valence-electron chi connectivity index (χ4n) is 1.98. The third kappa shape index (κ3) is 4.56. The van der Waals surface area contributed by atoms with Gasteiger partial charge >= 0.3 is 0 Å². The van der Waals surface area contributed by atoms with E-state index >= 15 is 0 Å². The third-order valence-corrected chi connectivity index (χ3v) is 3.33. The standard InChI is InChI=1S/C15H21F2NO2/c1-9(2)14(8-19)18-15(20)6-10(3)12-5-4-11(16)7-13(12)17/h4-5,7,9-10,14,19H,6,8H2,1-3H3,(H,18,20)/t10-,14-/m1/s1. The Morgan fingerprint density at radius 3 is 2.45 bits per heavy atom. The number of rotatable bonds is 6. The lowest BCUT2D eigenvalue weighted by Crippen LogP contribution is -2.41. The lowest BCUT2D eigenvalue weighted by molar-refractivity contribution is -0.122. The summed E-state index contributed by atoms with van der Waals surface area (Å²) in [5.41, 5.74) is 0.312. The highest BCUT2D eigenvalue weighted by Gasteiger charge is 2.19. The molecule has 0 unspecified atom stereocenters. The molecule has 20 heavy (non-hydrogen) atoms. The van der Waals surface area contributed by atoms with Crippen LogP contribution in [0.3, 0.4) is 0 Å². The Bertz CT molecular complexity index is 463. The molecule has 0 aliphatic carbocycles. The van der Waals surface area contributed by atoms with Crippen molar-refractivity contribution >= 4 is 5.91 Å². The molecule has 0 heterocycles. The molecule has 0 aliphatic rings. The molecule has 3 nitrogen and oxygen atoms in total. The summed E-state index contributed by atoms with van der Waals surface area (Å²) >= 11 is 0. The number of aliphatic hydroxyl groups is 1. The summed E-state index contributed by atoms with van der Waals surface area (Å²) in [4.78, 5) is 11.9. The summed E-state index contributed by atoms with van der Waals surface area (Å²) in [6.45, 7) is 5.36. The van der Waals surface area contributed by atoms with Gasteiger partial charge in [0.05, 0.1) is 12.6 Å². The Morgan fingerprint density at radius 1 is 1.30 bits per heavy atom. The molecule has 0 aromatic heterocycles. The summed E-state index contributed by atoms with van der Waals surface area (Å²) < 4.78 is 26.4. The number of nitrogens with one attached hydrogen (secondary N) is 1. The van der Waals surface area contributed by atoms with Crippen molar-refractivity contribution in [1.82, 2.24) is 5.32 Å². The first-order valence-corrected chi connectivity index (χ1v) is 6.70. The summed E-state index contributed by atoms with van der Waals surface area (Å²) in [5.74, 6) is -1.78. The van der Waals surface area contributed by atoms with Gasteiger partial charge in [-0.05, 0) is 23.5 Å². The van der Waals surface area contributed by atoms with E-state index in [1.165, 1.54) is 12.1 Å². The first-order valence-electron chi connectivity index (χ1n) is 6.70. The summed E-state index contributed by atoms with van der Waals surface area (Å²) in [6.07, 6.45) is 0.0891. The summed E-state index contributed by atoms with van der Waals surface area (Å²) in [5, 5.41) is 11.9. The van der Waals surface area contributed by atoms with Gasteiger partial charge in [0.15, 0.2) is 0 Å². The topological polar surface area (TPSA) is 49.3 Å². The molecule has 0 radical (unpaired) electrons. The molecule has 1 amide bonds. The fraction of sp³-hybridized carbons (Fsp3) is 0.533. The highest BCUT2D eigenvalue weighted by Crippen LogP contribution is 2.22. The SMILES string of the molecule is CC(C)[C@@H](CO)NC(=O)C[C@@H](C)c1ccc(F)cc1F. The molecular formula is C15H21F2NO2. The second-order valence-corrected chi connectivity index (χ2v) is 5.37. The zero-order chi connectivity index (χ0) is 15.3. The molecule has 0 aliphatic heterocycles. The van der Waals surface area contributed by atoms with Crippen molar-refractivity contribution in [3.63, 3.8) is 0 Å². The second-order valence-electron chi connectivity index (χ2n) is 5.37. The quantitative estimate of drug-likeness (QED) is 0.844. The minimum Gasteiger partial charge on any atom is -0.394 e. The van der Waals surface area contributed by atoms with E-state index in [2.05, 4.69) is 5.32 Å². The Kier molecular flexibility index (Phi) is 6.07. The number of aliphatic hydroxyl groups excluding tert-OH is 1. The molecule has 1 aromatic carbocycles. The Morgan fingerprint density at radius 2 is 1.95 bits per heavy atom. The van der Waals surface area contributed by atoms with Crippen molar-refractivity contribution in [3.05, 3.63) is 35.4 Å². The van der Waals surface area contributed by atoms with E-state index in [0.717, 1.165) is 6.07 Å². The molecule has 0 spiro atoms. The maximum Gasteiger partial charge on any atom is 0.220 e. The normalized spacial score (nSPS) is 14.2. The van der Waals surface area contributed by atoms with Crippen molar-refractivity contribution < 1.29 is 18.7 Å². The van der Waals surface area contributed by atoms with Gasteiger partial charge in [0.2, 0.25) is 5.91 Å². The zero-order valence-electron chi connectivity index (χ0n) is 12.0. The first kappa shape index (κ1) is 16.6. The van der Waals surface area contributed by atoms with Crippen LogP contribution in [-0.4, -0.2) is 23.7 Å². The first-order chi connectivity index (χ1) is 9.35. The van der Waals surface area contributed by atoms with Crippen LogP contribution in [0.4, 0.5) is 8.78 Å². The van der Waals surface area contributed by atoms with Gasteiger partial charge in [-0.15, -0.1) is 0 Å². The van der Waals surface area contributed by atoms with Crippen molar-refractivity contribution in [2.24, 2.45) is 5.92 Å². The van der Waals surface area contributed by atoms with Crippen LogP contribution in [0.1, 0.15) is 38.7 Å². The van der Waals surface area contributed by atoms with Gasteiger partial charge in [0.1, 0.15) is 11.6 Å². The summed E-state index contributed by atoms with van der Waals surface area (Å²) in [6, 6.07) is 3.04. The van der Waals surface area contributed by atoms with Gasteiger partial charge in [-0.1, -0.05) is 26.8 Å². The highest BCUT2D eigenvalue weighted by atomic mass is 19.1. The molecule has 5 heteroatoms. The molecule has 1 rings (SSSR count). The van der Waals surface area contributed by atoms with Crippen molar-refractivity contribution in [2.45, 2.75) is 39.2 Å². The average Bonchev–Trinajstić information content (AvgIpc) is 2.35.